The summed E-state index contributed by atoms with van der Waals surface area (Å²) in [6.07, 6.45) is 3.20. The lowest BCUT2D eigenvalue weighted by Crippen LogP contribution is -2.42. The summed E-state index contributed by atoms with van der Waals surface area (Å²) in [6.45, 7) is 3.79. The minimum absolute atomic E-state index is 0.675. The number of hydrogen-bond acceptors (Lipinski definition) is 2. The van der Waals surface area contributed by atoms with E-state index in [-0.39, 0.29) is 0 Å². The SMILES string of the molecule is CCCCN=C(NN)NCCc1ccccc1. The quantitative estimate of drug-likeness (QED) is 0.229. The maximum Gasteiger partial charge on any atom is 0.205 e. The van der Waals surface area contributed by atoms with E-state index >= 15 is 0 Å². The Balaban J connectivity index is 2.26. The Morgan fingerprint density at radius 2 is 2.06 bits per heavy atom. The predicted molar refractivity (Wildman–Crippen MR) is 72.7 cm³/mol. The molecule has 0 aliphatic rings. The lowest BCUT2D eigenvalue weighted by Gasteiger charge is -2.08. The zero-order chi connectivity index (χ0) is 12.3. The first-order valence-electron chi connectivity index (χ1n) is 6.15. The fourth-order valence-electron chi connectivity index (χ4n) is 1.47. The van der Waals surface area contributed by atoms with Gasteiger partial charge in [-0.15, -0.1) is 0 Å². The van der Waals surface area contributed by atoms with Gasteiger partial charge in [0.1, 0.15) is 0 Å². The first kappa shape index (κ1) is 13.5. The summed E-state index contributed by atoms with van der Waals surface area (Å²) in [5.74, 6) is 6.07. The summed E-state index contributed by atoms with van der Waals surface area (Å²) in [7, 11) is 0. The molecule has 0 heterocycles. The van der Waals surface area contributed by atoms with E-state index < -0.39 is 0 Å². The molecule has 0 saturated heterocycles. The van der Waals surface area contributed by atoms with Gasteiger partial charge in [0.2, 0.25) is 5.96 Å². The maximum atomic E-state index is 5.39. The Labute approximate surface area is 103 Å². The Hall–Kier alpha value is -1.55. The van der Waals surface area contributed by atoms with Crippen LogP contribution in [0, 0.1) is 0 Å². The number of rotatable bonds is 6. The molecule has 0 amide bonds. The molecule has 0 saturated carbocycles. The number of benzene rings is 1. The third-order valence-corrected chi connectivity index (χ3v) is 2.47. The van der Waals surface area contributed by atoms with Gasteiger partial charge in [0.25, 0.3) is 0 Å². The van der Waals surface area contributed by atoms with E-state index in [1.54, 1.807) is 0 Å². The summed E-state index contributed by atoms with van der Waals surface area (Å²) in [5, 5.41) is 3.19. The Bertz CT molecular complexity index is 321. The summed E-state index contributed by atoms with van der Waals surface area (Å²) in [5.41, 5.74) is 3.90. The summed E-state index contributed by atoms with van der Waals surface area (Å²) < 4.78 is 0. The molecule has 0 aromatic heterocycles. The molecule has 1 rings (SSSR count). The molecular formula is C13H22N4. The summed E-state index contributed by atoms with van der Waals surface area (Å²) in [4.78, 5) is 4.33. The van der Waals surface area contributed by atoms with Gasteiger partial charge >= 0.3 is 0 Å². The third-order valence-electron chi connectivity index (χ3n) is 2.47. The van der Waals surface area contributed by atoms with Crippen molar-refractivity contribution < 1.29 is 0 Å². The van der Waals surface area contributed by atoms with Crippen LogP contribution in [0.1, 0.15) is 25.3 Å². The van der Waals surface area contributed by atoms with Gasteiger partial charge in [0.15, 0.2) is 0 Å². The molecule has 17 heavy (non-hydrogen) atoms. The van der Waals surface area contributed by atoms with Gasteiger partial charge in [-0.3, -0.25) is 10.4 Å². The molecule has 0 unspecified atom stereocenters. The van der Waals surface area contributed by atoms with Gasteiger partial charge < -0.3 is 5.32 Å². The number of guanidine groups is 1. The van der Waals surface area contributed by atoms with Crippen molar-refractivity contribution >= 4 is 5.96 Å². The van der Waals surface area contributed by atoms with Crippen molar-refractivity contribution in [3.8, 4) is 0 Å². The molecule has 0 spiro atoms. The van der Waals surface area contributed by atoms with Crippen LogP contribution in [-0.2, 0) is 6.42 Å². The highest BCUT2D eigenvalue weighted by atomic mass is 15.3. The lowest BCUT2D eigenvalue weighted by molar-refractivity contribution is 0.770. The van der Waals surface area contributed by atoms with Crippen molar-refractivity contribution in [2.24, 2.45) is 10.8 Å². The highest BCUT2D eigenvalue weighted by molar-refractivity contribution is 5.79. The van der Waals surface area contributed by atoms with E-state index in [4.69, 9.17) is 5.84 Å². The average molecular weight is 234 g/mol. The molecule has 0 atom stereocenters. The Morgan fingerprint density at radius 3 is 2.71 bits per heavy atom. The van der Waals surface area contributed by atoms with Gasteiger partial charge in [-0.2, -0.15) is 0 Å². The fraction of sp³-hybridized carbons (Fsp3) is 0.462. The molecule has 94 valence electrons. The molecule has 4 nitrogen and oxygen atoms in total. The number of hydrogen-bond donors (Lipinski definition) is 3. The standard InChI is InChI=1S/C13H22N4/c1-2-3-10-15-13(17-14)16-11-9-12-7-5-4-6-8-12/h4-8H,2-3,9-11,14H2,1H3,(H2,15,16,17). The van der Waals surface area contributed by atoms with Crippen LogP contribution in [0.25, 0.3) is 0 Å². The van der Waals surface area contributed by atoms with E-state index in [0.717, 1.165) is 32.4 Å². The van der Waals surface area contributed by atoms with Crippen LogP contribution in [0.15, 0.2) is 35.3 Å². The minimum Gasteiger partial charge on any atom is -0.355 e. The monoisotopic (exact) mass is 234 g/mol. The topological polar surface area (TPSA) is 62.4 Å². The summed E-state index contributed by atoms with van der Waals surface area (Å²) in [6, 6.07) is 10.4. The second kappa shape index (κ2) is 8.58. The number of aliphatic imine (C=N–C) groups is 1. The van der Waals surface area contributed by atoms with Crippen molar-refractivity contribution in [2.75, 3.05) is 13.1 Å². The Kier molecular flexibility index (Phi) is 6.82. The largest absolute Gasteiger partial charge is 0.355 e. The van der Waals surface area contributed by atoms with Gasteiger partial charge in [-0.1, -0.05) is 43.7 Å². The Morgan fingerprint density at radius 1 is 1.29 bits per heavy atom. The smallest absolute Gasteiger partial charge is 0.205 e. The lowest BCUT2D eigenvalue weighted by atomic mass is 10.1. The highest BCUT2D eigenvalue weighted by Crippen LogP contribution is 1.97. The summed E-state index contributed by atoms with van der Waals surface area (Å²) >= 11 is 0. The maximum absolute atomic E-state index is 5.39. The minimum atomic E-state index is 0.675. The van der Waals surface area contributed by atoms with Crippen LogP contribution >= 0.6 is 0 Å². The van der Waals surface area contributed by atoms with Crippen LogP contribution in [0.2, 0.25) is 0 Å². The molecule has 0 aliphatic heterocycles. The molecular weight excluding hydrogens is 212 g/mol. The van der Waals surface area contributed by atoms with E-state index in [1.165, 1.54) is 5.56 Å². The van der Waals surface area contributed by atoms with Crippen LogP contribution in [0.4, 0.5) is 0 Å². The number of nitrogens with two attached hydrogens (primary N) is 1. The van der Waals surface area contributed by atoms with E-state index in [1.807, 2.05) is 18.2 Å². The zero-order valence-electron chi connectivity index (χ0n) is 10.4. The van der Waals surface area contributed by atoms with E-state index in [0.29, 0.717) is 5.96 Å². The number of nitrogens with one attached hydrogen (secondary N) is 2. The normalized spacial score (nSPS) is 11.3. The molecule has 0 aliphatic carbocycles. The van der Waals surface area contributed by atoms with Gasteiger partial charge in [-0.25, -0.2) is 5.84 Å². The number of nitrogens with zero attached hydrogens (tertiary/aromatic N) is 1. The molecule has 4 heteroatoms. The van der Waals surface area contributed by atoms with Crippen molar-refractivity contribution in [1.29, 1.82) is 0 Å². The van der Waals surface area contributed by atoms with Gasteiger partial charge in [-0.05, 0) is 18.4 Å². The van der Waals surface area contributed by atoms with Gasteiger partial charge in [0.05, 0.1) is 0 Å². The molecule has 4 N–H and O–H groups in total. The molecule has 1 aromatic rings. The van der Waals surface area contributed by atoms with E-state index in [9.17, 15) is 0 Å². The highest BCUT2D eigenvalue weighted by Gasteiger charge is 1.95. The van der Waals surface area contributed by atoms with Crippen LogP contribution < -0.4 is 16.6 Å². The zero-order valence-corrected chi connectivity index (χ0v) is 10.4. The van der Waals surface area contributed by atoms with Crippen molar-refractivity contribution in [1.82, 2.24) is 10.7 Å². The van der Waals surface area contributed by atoms with Crippen LogP contribution in [-0.4, -0.2) is 19.0 Å². The first-order chi connectivity index (χ1) is 8.36. The van der Waals surface area contributed by atoms with Crippen LogP contribution in [0.3, 0.4) is 0 Å². The predicted octanol–water partition coefficient (Wildman–Crippen LogP) is 1.44. The van der Waals surface area contributed by atoms with Crippen molar-refractivity contribution in [2.45, 2.75) is 26.2 Å². The molecule has 0 bridgehead atoms. The molecule has 1 aromatic carbocycles. The number of hydrazine groups is 1. The average Bonchev–Trinajstić information content (AvgIpc) is 2.38. The van der Waals surface area contributed by atoms with Crippen LogP contribution in [0.5, 0.6) is 0 Å². The van der Waals surface area contributed by atoms with Gasteiger partial charge in [0, 0.05) is 13.1 Å². The second-order valence-corrected chi connectivity index (χ2v) is 3.89. The number of unbranched alkanes of at least 4 members (excludes halogenated alkanes) is 1. The third kappa shape index (κ3) is 5.92. The molecule has 0 fully saturated rings. The molecule has 0 radical (unpaired) electrons. The van der Waals surface area contributed by atoms with Crippen molar-refractivity contribution in [3.63, 3.8) is 0 Å². The van der Waals surface area contributed by atoms with E-state index in [2.05, 4.69) is 34.8 Å². The fourth-order valence-corrected chi connectivity index (χ4v) is 1.47. The first-order valence-corrected chi connectivity index (χ1v) is 6.15. The second-order valence-electron chi connectivity index (χ2n) is 3.89. The van der Waals surface area contributed by atoms with Crippen molar-refractivity contribution in [3.05, 3.63) is 35.9 Å².